The number of aromatic nitrogens is 1. The molecule has 0 radical (unpaired) electrons. The number of aryl methyl sites for hydroxylation is 1. The summed E-state index contributed by atoms with van der Waals surface area (Å²) >= 11 is 0. The van der Waals surface area contributed by atoms with Gasteiger partial charge in [-0.2, -0.15) is 0 Å². The average molecular weight is 219 g/mol. The molecule has 2 rings (SSSR count). The fourth-order valence-corrected chi connectivity index (χ4v) is 2.51. The molecule has 3 nitrogen and oxygen atoms in total. The second kappa shape index (κ2) is 5.41. The van der Waals surface area contributed by atoms with Gasteiger partial charge in [-0.05, 0) is 49.4 Å². The number of rotatable bonds is 4. The maximum Gasteiger partial charge on any atom is 0.0315 e. The standard InChI is InChI=1S/C13H21N3/c1-10-5-6-15-8-12(10)9-16-13-4-2-3-11(13)7-14/h5-6,8,11,13,16H,2-4,7,9,14H2,1H3. The van der Waals surface area contributed by atoms with Crippen LogP contribution in [0.1, 0.15) is 30.4 Å². The molecule has 1 aromatic rings. The van der Waals surface area contributed by atoms with Gasteiger partial charge in [0, 0.05) is 25.0 Å². The lowest BCUT2D eigenvalue weighted by atomic mass is 10.0. The average Bonchev–Trinajstić information content (AvgIpc) is 2.75. The van der Waals surface area contributed by atoms with E-state index >= 15 is 0 Å². The quantitative estimate of drug-likeness (QED) is 0.809. The highest BCUT2D eigenvalue weighted by molar-refractivity contribution is 5.21. The summed E-state index contributed by atoms with van der Waals surface area (Å²) in [5.74, 6) is 0.664. The molecule has 88 valence electrons. The molecule has 1 aliphatic rings. The summed E-state index contributed by atoms with van der Waals surface area (Å²) in [6.45, 7) is 3.86. The van der Waals surface area contributed by atoms with Crippen LogP contribution in [0, 0.1) is 12.8 Å². The van der Waals surface area contributed by atoms with E-state index in [4.69, 9.17) is 5.73 Å². The summed E-state index contributed by atoms with van der Waals surface area (Å²) in [6, 6.07) is 2.66. The van der Waals surface area contributed by atoms with E-state index in [1.54, 1.807) is 0 Å². The molecule has 3 N–H and O–H groups in total. The third kappa shape index (κ3) is 2.60. The van der Waals surface area contributed by atoms with Crippen molar-refractivity contribution >= 4 is 0 Å². The number of nitrogens with one attached hydrogen (secondary N) is 1. The minimum atomic E-state index is 0.601. The van der Waals surface area contributed by atoms with Gasteiger partial charge in [0.2, 0.25) is 0 Å². The molecule has 2 atom stereocenters. The van der Waals surface area contributed by atoms with E-state index in [2.05, 4.69) is 23.3 Å². The number of pyridine rings is 1. The molecule has 1 aromatic heterocycles. The van der Waals surface area contributed by atoms with Crippen LogP contribution in [0.3, 0.4) is 0 Å². The predicted octanol–water partition coefficient (Wildman–Crippen LogP) is 1.61. The number of hydrogen-bond donors (Lipinski definition) is 2. The van der Waals surface area contributed by atoms with Crippen LogP contribution < -0.4 is 11.1 Å². The summed E-state index contributed by atoms with van der Waals surface area (Å²) < 4.78 is 0. The van der Waals surface area contributed by atoms with E-state index in [1.165, 1.54) is 30.4 Å². The zero-order valence-electron chi connectivity index (χ0n) is 9.95. The monoisotopic (exact) mass is 219 g/mol. The first-order chi connectivity index (χ1) is 7.81. The van der Waals surface area contributed by atoms with Crippen molar-refractivity contribution in [2.75, 3.05) is 6.54 Å². The molecule has 0 bridgehead atoms. The summed E-state index contributed by atoms with van der Waals surface area (Å²) in [7, 11) is 0. The first-order valence-electron chi connectivity index (χ1n) is 6.14. The second-order valence-corrected chi connectivity index (χ2v) is 4.72. The summed E-state index contributed by atoms with van der Waals surface area (Å²) in [4.78, 5) is 4.17. The minimum Gasteiger partial charge on any atom is -0.330 e. The number of nitrogens with two attached hydrogens (primary N) is 1. The lowest BCUT2D eigenvalue weighted by molar-refractivity contribution is 0.406. The Bertz CT molecular complexity index is 338. The van der Waals surface area contributed by atoms with Crippen molar-refractivity contribution in [1.82, 2.24) is 10.3 Å². The van der Waals surface area contributed by atoms with Gasteiger partial charge in [-0.1, -0.05) is 6.42 Å². The molecule has 16 heavy (non-hydrogen) atoms. The molecule has 1 fully saturated rings. The van der Waals surface area contributed by atoms with Crippen LogP contribution >= 0.6 is 0 Å². The predicted molar refractivity (Wildman–Crippen MR) is 66.0 cm³/mol. The SMILES string of the molecule is Cc1ccncc1CNC1CCCC1CN. The zero-order valence-corrected chi connectivity index (χ0v) is 9.95. The van der Waals surface area contributed by atoms with Gasteiger partial charge in [0.05, 0.1) is 0 Å². The lowest BCUT2D eigenvalue weighted by Gasteiger charge is -2.19. The van der Waals surface area contributed by atoms with E-state index in [0.29, 0.717) is 12.0 Å². The van der Waals surface area contributed by atoms with Crippen molar-refractivity contribution in [1.29, 1.82) is 0 Å². The van der Waals surface area contributed by atoms with Crippen molar-refractivity contribution in [3.05, 3.63) is 29.6 Å². The highest BCUT2D eigenvalue weighted by atomic mass is 14.9. The number of nitrogens with zero attached hydrogens (tertiary/aromatic N) is 1. The van der Waals surface area contributed by atoms with Crippen LogP contribution in [0.2, 0.25) is 0 Å². The topological polar surface area (TPSA) is 50.9 Å². The van der Waals surface area contributed by atoms with E-state index in [1.807, 2.05) is 12.4 Å². The van der Waals surface area contributed by atoms with Gasteiger partial charge >= 0.3 is 0 Å². The number of hydrogen-bond acceptors (Lipinski definition) is 3. The van der Waals surface area contributed by atoms with Crippen molar-refractivity contribution in [3.63, 3.8) is 0 Å². The Hall–Kier alpha value is -0.930. The van der Waals surface area contributed by atoms with Crippen LogP contribution in [0.15, 0.2) is 18.5 Å². The Morgan fingerprint density at radius 3 is 3.12 bits per heavy atom. The lowest BCUT2D eigenvalue weighted by Crippen LogP contribution is -2.35. The first kappa shape index (κ1) is 11.6. The van der Waals surface area contributed by atoms with E-state index in [0.717, 1.165) is 13.1 Å². The molecule has 3 heteroatoms. The van der Waals surface area contributed by atoms with Gasteiger partial charge < -0.3 is 11.1 Å². The Labute approximate surface area is 97.5 Å². The molecule has 2 unspecified atom stereocenters. The van der Waals surface area contributed by atoms with Crippen molar-refractivity contribution in [2.24, 2.45) is 11.7 Å². The molecule has 0 spiro atoms. The van der Waals surface area contributed by atoms with Crippen molar-refractivity contribution in [2.45, 2.75) is 38.8 Å². The van der Waals surface area contributed by atoms with Crippen molar-refractivity contribution in [3.8, 4) is 0 Å². The van der Waals surface area contributed by atoms with Crippen LogP contribution in [0.5, 0.6) is 0 Å². The van der Waals surface area contributed by atoms with Crippen LogP contribution in [0.25, 0.3) is 0 Å². The van der Waals surface area contributed by atoms with E-state index in [9.17, 15) is 0 Å². The van der Waals surface area contributed by atoms with Gasteiger partial charge in [0.15, 0.2) is 0 Å². The molecule has 0 aliphatic heterocycles. The third-order valence-electron chi connectivity index (χ3n) is 3.66. The smallest absolute Gasteiger partial charge is 0.0315 e. The minimum absolute atomic E-state index is 0.601. The highest BCUT2D eigenvalue weighted by Gasteiger charge is 2.25. The Balaban J connectivity index is 1.90. The van der Waals surface area contributed by atoms with Gasteiger partial charge in [0.25, 0.3) is 0 Å². The van der Waals surface area contributed by atoms with Crippen molar-refractivity contribution < 1.29 is 0 Å². The zero-order chi connectivity index (χ0) is 11.4. The van der Waals surface area contributed by atoms with E-state index in [-0.39, 0.29) is 0 Å². The van der Waals surface area contributed by atoms with Gasteiger partial charge in [-0.25, -0.2) is 0 Å². The first-order valence-corrected chi connectivity index (χ1v) is 6.14. The van der Waals surface area contributed by atoms with Crippen LogP contribution in [0.4, 0.5) is 0 Å². The maximum absolute atomic E-state index is 5.77. The van der Waals surface area contributed by atoms with Gasteiger partial charge in [-0.15, -0.1) is 0 Å². The van der Waals surface area contributed by atoms with Gasteiger partial charge in [0.1, 0.15) is 0 Å². The maximum atomic E-state index is 5.77. The van der Waals surface area contributed by atoms with Crippen LogP contribution in [-0.2, 0) is 6.54 Å². The fourth-order valence-electron chi connectivity index (χ4n) is 2.51. The van der Waals surface area contributed by atoms with E-state index < -0.39 is 0 Å². The fraction of sp³-hybridized carbons (Fsp3) is 0.615. The third-order valence-corrected chi connectivity index (χ3v) is 3.66. The molecular weight excluding hydrogens is 198 g/mol. The molecular formula is C13H21N3. The Morgan fingerprint density at radius 2 is 2.38 bits per heavy atom. The van der Waals surface area contributed by atoms with Gasteiger partial charge in [-0.3, -0.25) is 4.98 Å². The molecule has 0 amide bonds. The summed E-state index contributed by atoms with van der Waals surface area (Å²) in [6.07, 6.45) is 7.65. The normalized spacial score (nSPS) is 24.9. The molecule has 0 saturated heterocycles. The highest BCUT2D eigenvalue weighted by Crippen LogP contribution is 2.24. The molecule has 1 saturated carbocycles. The summed E-state index contributed by atoms with van der Waals surface area (Å²) in [5.41, 5.74) is 8.38. The summed E-state index contributed by atoms with van der Waals surface area (Å²) in [5, 5.41) is 3.62. The van der Waals surface area contributed by atoms with Crippen LogP contribution in [-0.4, -0.2) is 17.6 Å². The molecule has 0 aromatic carbocycles. The molecule has 1 heterocycles. The molecule has 1 aliphatic carbocycles. The Kier molecular flexibility index (Phi) is 3.91. The Morgan fingerprint density at radius 1 is 1.50 bits per heavy atom. The second-order valence-electron chi connectivity index (χ2n) is 4.72. The largest absolute Gasteiger partial charge is 0.330 e.